The van der Waals surface area contributed by atoms with E-state index in [4.69, 9.17) is 0 Å². The third-order valence-electron chi connectivity index (χ3n) is 4.03. The molecule has 0 aliphatic carbocycles. The number of nitrogens with zero attached hydrogens (tertiary/aromatic N) is 1. The Kier molecular flexibility index (Phi) is 9.09. The maximum absolute atomic E-state index is 9.96. The van der Waals surface area contributed by atoms with Crippen molar-refractivity contribution in [2.24, 2.45) is 0 Å². The van der Waals surface area contributed by atoms with Crippen molar-refractivity contribution in [3.05, 3.63) is 41.0 Å². The van der Waals surface area contributed by atoms with E-state index in [1.807, 2.05) is 13.8 Å². The molecule has 1 atom stereocenters. The fourth-order valence-corrected chi connectivity index (χ4v) is 2.96. The van der Waals surface area contributed by atoms with Crippen LogP contribution in [0.3, 0.4) is 0 Å². The summed E-state index contributed by atoms with van der Waals surface area (Å²) in [7, 11) is 0. The minimum atomic E-state index is 0. The lowest BCUT2D eigenvalue weighted by atomic mass is 9.94. The molecule has 0 amide bonds. The molecular formula is C17H28Cl2N2O. The molecule has 1 aromatic carbocycles. The zero-order chi connectivity index (χ0) is 14.7. The second kappa shape index (κ2) is 9.41. The molecule has 0 bridgehead atoms. The molecule has 126 valence electrons. The molecule has 1 aliphatic heterocycles. The molecule has 1 heterocycles. The molecule has 0 aromatic heterocycles. The van der Waals surface area contributed by atoms with Gasteiger partial charge in [0.25, 0.3) is 0 Å². The highest BCUT2D eigenvalue weighted by Crippen LogP contribution is 2.32. The number of piperazine rings is 1. The van der Waals surface area contributed by atoms with E-state index in [-0.39, 0.29) is 24.8 Å². The number of hydrogen-bond acceptors (Lipinski definition) is 3. The largest absolute Gasteiger partial charge is 0.507 e. The van der Waals surface area contributed by atoms with Gasteiger partial charge in [-0.05, 0) is 43.9 Å². The van der Waals surface area contributed by atoms with E-state index < -0.39 is 0 Å². The van der Waals surface area contributed by atoms with Crippen molar-refractivity contribution < 1.29 is 5.11 Å². The highest BCUT2D eigenvalue weighted by atomic mass is 35.5. The first kappa shape index (κ1) is 21.3. The first-order valence-corrected chi connectivity index (χ1v) is 7.38. The van der Waals surface area contributed by atoms with Crippen LogP contribution in [0.2, 0.25) is 0 Å². The molecule has 22 heavy (non-hydrogen) atoms. The molecule has 3 nitrogen and oxygen atoms in total. The topological polar surface area (TPSA) is 35.5 Å². The van der Waals surface area contributed by atoms with E-state index >= 15 is 0 Å². The number of halogens is 2. The van der Waals surface area contributed by atoms with Crippen LogP contribution in [0.15, 0.2) is 24.3 Å². The van der Waals surface area contributed by atoms with E-state index in [1.54, 1.807) is 0 Å². The molecule has 0 radical (unpaired) electrons. The van der Waals surface area contributed by atoms with E-state index in [1.165, 1.54) is 11.1 Å². The highest BCUT2D eigenvalue weighted by molar-refractivity contribution is 5.85. The molecule has 1 aliphatic rings. The average molecular weight is 347 g/mol. The molecule has 2 rings (SSSR count). The Hall–Kier alpha value is -0.740. The lowest BCUT2D eigenvalue weighted by Gasteiger charge is -2.36. The third kappa shape index (κ3) is 5.17. The summed E-state index contributed by atoms with van der Waals surface area (Å²) >= 11 is 0. The van der Waals surface area contributed by atoms with Crippen LogP contribution in [0.4, 0.5) is 0 Å². The van der Waals surface area contributed by atoms with Crippen LogP contribution in [-0.4, -0.2) is 36.2 Å². The maximum Gasteiger partial charge on any atom is 0.121 e. The second-order valence-corrected chi connectivity index (χ2v) is 5.97. The molecule has 2 N–H and O–H groups in total. The van der Waals surface area contributed by atoms with Crippen molar-refractivity contribution in [3.8, 4) is 5.75 Å². The average Bonchev–Trinajstić information content (AvgIpc) is 2.42. The van der Waals surface area contributed by atoms with Crippen LogP contribution in [0.5, 0.6) is 5.75 Å². The van der Waals surface area contributed by atoms with Crippen LogP contribution in [-0.2, 0) is 0 Å². The van der Waals surface area contributed by atoms with Gasteiger partial charge >= 0.3 is 0 Å². The first-order chi connectivity index (χ1) is 9.49. The minimum absolute atomic E-state index is 0. The van der Waals surface area contributed by atoms with E-state index in [2.05, 4.69) is 35.9 Å². The smallest absolute Gasteiger partial charge is 0.121 e. The van der Waals surface area contributed by atoms with E-state index in [9.17, 15) is 5.11 Å². The standard InChI is InChI=1S/C17H26N2O.2ClH/c1-12(2)9-16(19-7-5-18-6-8-19)15-10-13(3)17(20)14(4)11-15;;/h10-11,16,18,20H,1,5-9H2,2-4H3;2*1H/t16-;;/m1../s1. The van der Waals surface area contributed by atoms with Gasteiger partial charge in [-0.3, -0.25) is 4.90 Å². The minimum Gasteiger partial charge on any atom is -0.507 e. The second-order valence-electron chi connectivity index (χ2n) is 5.97. The summed E-state index contributed by atoms with van der Waals surface area (Å²) in [5.74, 6) is 0.420. The summed E-state index contributed by atoms with van der Waals surface area (Å²) in [5.41, 5.74) is 4.42. The zero-order valence-corrected chi connectivity index (χ0v) is 15.3. The van der Waals surface area contributed by atoms with Crippen molar-refractivity contribution in [2.45, 2.75) is 33.2 Å². The number of aromatic hydroxyl groups is 1. The van der Waals surface area contributed by atoms with Crippen LogP contribution >= 0.6 is 24.8 Å². The Bertz CT molecular complexity index is 476. The number of phenolic OH excluding ortho intramolecular Hbond substituents is 1. The fraction of sp³-hybridized carbons (Fsp3) is 0.529. The third-order valence-corrected chi connectivity index (χ3v) is 4.03. The Balaban J connectivity index is 0.00000220. The first-order valence-electron chi connectivity index (χ1n) is 7.38. The lowest BCUT2D eigenvalue weighted by Crippen LogP contribution is -2.45. The van der Waals surface area contributed by atoms with Gasteiger partial charge in [0.15, 0.2) is 0 Å². The van der Waals surface area contributed by atoms with Crippen molar-refractivity contribution in [1.29, 1.82) is 0 Å². The molecule has 1 saturated heterocycles. The Morgan fingerprint density at radius 2 is 1.73 bits per heavy atom. The molecule has 5 heteroatoms. The molecule has 0 saturated carbocycles. The Morgan fingerprint density at radius 3 is 2.18 bits per heavy atom. The number of hydrogen-bond donors (Lipinski definition) is 2. The molecular weight excluding hydrogens is 319 g/mol. The summed E-state index contributed by atoms with van der Waals surface area (Å²) < 4.78 is 0. The zero-order valence-electron chi connectivity index (χ0n) is 13.7. The van der Waals surface area contributed by atoms with Crippen LogP contribution in [0.1, 0.15) is 36.1 Å². The molecule has 0 spiro atoms. The number of rotatable bonds is 4. The van der Waals surface area contributed by atoms with Gasteiger partial charge in [-0.1, -0.05) is 17.7 Å². The van der Waals surface area contributed by atoms with E-state index in [0.717, 1.165) is 43.7 Å². The Morgan fingerprint density at radius 1 is 1.23 bits per heavy atom. The summed E-state index contributed by atoms with van der Waals surface area (Å²) in [6.45, 7) is 14.3. The summed E-state index contributed by atoms with van der Waals surface area (Å²) in [6.07, 6.45) is 0.976. The number of phenols is 1. The van der Waals surface area contributed by atoms with Crippen LogP contribution < -0.4 is 5.32 Å². The van der Waals surface area contributed by atoms with Crippen LogP contribution in [0, 0.1) is 13.8 Å². The predicted molar refractivity (Wildman–Crippen MR) is 98.7 cm³/mol. The summed E-state index contributed by atoms with van der Waals surface area (Å²) in [5, 5.41) is 13.4. The van der Waals surface area contributed by atoms with Gasteiger partial charge in [-0.25, -0.2) is 0 Å². The van der Waals surface area contributed by atoms with Crippen molar-refractivity contribution in [1.82, 2.24) is 10.2 Å². The quantitative estimate of drug-likeness (QED) is 0.814. The number of nitrogens with one attached hydrogen (secondary N) is 1. The van der Waals surface area contributed by atoms with Gasteiger partial charge in [-0.15, -0.1) is 31.4 Å². The summed E-state index contributed by atoms with van der Waals surface area (Å²) in [6, 6.07) is 4.61. The SMILES string of the molecule is C=C(C)C[C@H](c1cc(C)c(O)c(C)c1)N1CCNCC1.Cl.Cl. The normalized spacial score (nSPS) is 16.3. The predicted octanol–water partition coefficient (Wildman–Crippen LogP) is 3.77. The summed E-state index contributed by atoms with van der Waals surface area (Å²) in [4.78, 5) is 2.52. The van der Waals surface area contributed by atoms with Crippen molar-refractivity contribution >= 4 is 24.8 Å². The monoisotopic (exact) mass is 346 g/mol. The molecule has 1 fully saturated rings. The van der Waals surface area contributed by atoms with Gasteiger partial charge in [0, 0.05) is 32.2 Å². The van der Waals surface area contributed by atoms with Crippen LogP contribution in [0.25, 0.3) is 0 Å². The highest BCUT2D eigenvalue weighted by Gasteiger charge is 2.23. The molecule has 0 unspecified atom stereocenters. The number of aryl methyl sites for hydroxylation is 2. The molecule has 1 aromatic rings. The van der Waals surface area contributed by atoms with E-state index in [0.29, 0.717) is 11.8 Å². The van der Waals surface area contributed by atoms with Crippen molar-refractivity contribution in [2.75, 3.05) is 26.2 Å². The van der Waals surface area contributed by atoms with Gasteiger partial charge in [-0.2, -0.15) is 0 Å². The van der Waals surface area contributed by atoms with Gasteiger partial charge in [0.1, 0.15) is 5.75 Å². The lowest BCUT2D eigenvalue weighted by molar-refractivity contribution is 0.172. The van der Waals surface area contributed by atoms with Gasteiger partial charge in [0.2, 0.25) is 0 Å². The maximum atomic E-state index is 9.96. The van der Waals surface area contributed by atoms with Gasteiger partial charge in [0.05, 0.1) is 0 Å². The van der Waals surface area contributed by atoms with Gasteiger partial charge < -0.3 is 10.4 Å². The number of benzene rings is 1. The Labute approximate surface area is 146 Å². The van der Waals surface area contributed by atoms with Crippen molar-refractivity contribution in [3.63, 3.8) is 0 Å². The fourth-order valence-electron chi connectivity index (χ4n) is 2.96.